The lowest BCUT2D eigenvalue weighted by Crippen LogP contribution is -2.04. The molecule has 5 heteroatoms. The Morgan fingerprint density at radius 1 is 1.27 bits per heavy atom. The van der Waals surface area contributed by atoms with Crippen molar-refractivity contribution in [2.24, 2.45) is 0 Å². The summed E-state index contributed by atoms with van der Waals surface area (Å²) in [6.45, 7) is 2.19. The van der Waals surface area contributed by atoms with Crippen molar-refractivity contribution in [1.29, 1.82) is 0 Å². The van der Waals surface area contributed by atoms with Gasteiger partial charge in [-0.3, -0.25) is 4.79 Å². The second kappa shape index (κ2) is 8.39. The third kappa shape index (κ3) is 4.46. The lowest BCUT2D eigenvalue weighted by Gasteiger charge is -2.11. The van der Waals surface area contributed by atoms with Gasteiger partial charge in [-0.15, -0.1) is 17.3 Å². The molecule has 0 bridgehead atoms. The molecule has 0 aliphatic heterocycles. The van der Waals surface area contributed by atoms with Gasteiger partial charge in [-0.2, -0.15) is 0 Å². The molecule has 26 heavy (non-hydrogen) atoms. The number of hydrogen-bond donors (Lipinski definition) is 1. The number of benzene rings is 2. The summed E-state index contributed by atoms with van der Waals surface area (Å²) in [5.41, 5.74) is 1.99. The van der Waals surface area contributed by atoms with Crippen molar-refractivity contribution >= 4 is 43.3 Å². The Hall–Kier alpha value is -2.29. The summed E-state index contributed by atoms with van der Waals surface area (Å²) in [5.74, 6) is 5.35. The van der Waals surface area contributed by atoms with Gasteiger partial charge in [0.05, 0.1) is 12.3 Å². The van der Waals surface area contributed by atoms with Crippen molar-refractivity contribution in [2.75, 3.05) is 0 Å². The smallest absolute Gasteiger partial charge is 0.304 e. The summed E-state index contributed by atoms with van der Waals surface area (Å²) in [6, 6.07) is 13.8. The molecule has 3 aromatic rings. The minimum Gasteiger partial charge on any atom is -0.489 e. The van der Waals surface area contributed by atoms with Crippen LogP contribution in [0, 0.1) is 11.8 Å². The molecular formula is C21H17BrO3S. The number of carbonyl (C=O) groups is 1. The first-order valence-electron chi connectivity index (χ1n) is 8.09. The zero-order chi connectivity index (χ0) is 18.5. The van der Waals surface area contributed by atoms with E-state index in [1.807, 2.05) is 24.3 Å². The Morgan fingerprint density at radius 3 is 2.73 bits per heavy atom. The summed E-state index contributed by atoms with van der Waals surface area (Å²) in [4.78, 5) is 11.0. The number of ether oxygens (including phenoxy) is 1. The second-order valence-corrected chi connectivity index (χ2v) is 7.58. The van der Waals surface area contributed by atoms with Crippen LogP contribution in [-0.2, 0) is 11.4 Å². The fourth-order valence-corrected chi connectivity index (χ4v) is 4.24. The van der Waals surface area contributed by atoms with E-state index in [0.717, 1.165) is 21.3 Å². The predicted octanol–water partition coefficient (Wildman–Crippen LogP) is 5.82. The van der Waals surface area contributed by atoms with Crippen molar-refractivity contribution in [3.8, 4) is 17.6 Å². The average molecular weight is 429 g/mol. The van der Waals surface area contributed by atoms with Gasteiger partial charge in [-0.1, -0.05) is 24.1 Å². The first-order chi connectivity index (χ1) is 12.6. The molecule has 0 aliphatic carbocycles. The zero-order valence-corrected chi connectivity index (χ0v) is 16.6. The molecule has 132 valence electrons. The topological polar surface area (TPSA) is 46.5 Å². The Morgan fingerprint density at radius 2 is 2.04 bits per heavy atom. The lowest BCUT2D eigenvalue weighted by molar-refractivity contribution is -0.137. The van der Waals surface area contributed by atoms with E-state index in [-0.39, 0.29) is 12.3 Å². The molecule has 1 N–H and O–H groups in total. The number of fused-ring (bicyclic) bond motifs is 1. The second-order valence-electron chi connectivity index (χ2n) is 5.82. The van der Waals surface area contributed by atoms with Crippen LogP contribution in [-0.4, -0.2) is 11.1 Å². The largest absolute Gasteiger partial charge is 0.489 e. The highest BCUT2D eigenvalue weighted by molar-refractivity contribution is 9.10. The van der Waals surface area contributed by atoms with Gasteiger partial charge >= 0.3 is 5.97 Å². The normalized spacial score (nSPS) is 11.6. The maximum atomic E-state index is 11.0. The maximum absolute atomic E-state index is 11.0. The van der Waals surface area contributed by atoms with Crippen LogP contribution in [0.2, 0.25) is 0 Å². The third-order valence-corrected chi connectivity index (χ3v) is 5.90. The van der Waals surface area contributed by atoms with Gasteiger partial charge < -0.3 is 9.84 Å². The zero-order valence-electron chi connectivity index (χ0n) is 14.2. The van der Waals surface area contributed by atoms with Gasteiger partial charge in [-0.25, -0.2) is 0 Å². The molecule has 0 saturated carbocycles. The fraction of sp³-hybridized carbons (Fsp3) is 0.190. The molecule has 3 rings (SSSR count). The molecule has 0 fully saturated rings. The number of halogens is 1. The average Bonchev–Trinajstić information content (AvgIpc) is 3.00. The van der Waals surface area contributed by atoms with Gasteiger partial charge in [0.15, 0.2) is 0 Å². The number of rotatable bonds is 6. The quantitative estimate of drug-likeness (QED) is 0.502. The highest BCUT2D eigenvalue weighted by Gasteiger charge is 2.13. The van der Waals surface area contributed by atoms with Crippen LogP contribution in [0.15, 0.2) is 52.3 Å². The third-order valence-electron chi connectivity index (χ3n) is 3.98. The van der Waals surface area contributed by atoms with Crippen LogP contribution >= 0.6 is 27.3 Å². The summed E-state index contributed by atoms with van der Waals surface area (Å²) in [5, 5.41) is 12.3. The molecule has 0 spiro atoms. The lowest BCUT2D eigenvalue weighted by atomic mass is 9.96. The highest BCUT2D eigenvalue weighted by atomic mass is 79.9. The minimum absolute atomic E-state index is 0.00340. The molecule has 1 aromatic heterocycles. The van der Waals surface area contributed by atoms with Gasteiger partial charge in [-0.05, 0) is 58.2 Å². The van der Waals surface area contributed by atoms with E-state index >= 15 is 0 Å². The Kier molecular flexibility index (Phi) is 5.97. The van der Waals surface area contributed by atoms with Crippen molar-refractivity contribution in [2.45, 2.75) is 25.9 Å². The monoisotopic (exact) mass is 428 g/mol. The number of carboxylic acid groups (broad SMARTS) is 1. The van der Waals surface area contributed by atoms with Crippen molar-refractivity contribution in [3.05, 3.63) is 63.4 Å². The molecule has 1 heterocycles. The number of carboxylic acids is 1. The summed E-state index contributed by atoms with van der Waals surface area (Å²) in [7, 11) is 0. The van der Waals surface area contributed by atoms with E-state index < -0.39 is 5.97 Å². The Labute approximate surface area is 164 Å². The van der Waals surface area contributed by atoms with E-state index in [1.54, 1.807) is 18.3 Å². The number of hydrogen-bond acceptors (Lipinski definition) is 3. The van der Waals surface area contributed by atoms with Crippen molar-refractivity contribution in [3.63, 3.8) is 0 Å². The molecular weight excluding hydrogens is 412 g/mol. The van der Waals surface area contributed by atoms with E-state index in [0.29, 0.717) is 6.61 Å². The molecule has 0 amide bonds. The summed E-state index contributed by atoms with van der Waals surface area (Å²) >= 11 is 5.27. The molecule has 0 radical (unpaired) electrons. The highest BCUT2D eigenvalue weighted by Crippen LogP contribution is 2.31. The first kappa shape index (κ1) is 18.5. The van der Waals surface area contributed by atoms with E-state index in [9.17, 15) is 4.79 Å². The Bertz CT molecular complexity index is 980. The van der Waals surface area contributed by atoms with Gasteiger partial charge in [0.25, 0.3) is 0 Å². The Balaban J connectivity index is 1.68. The predicted molar refractivity (Wildman–Crippen MR) is 109 cm³/mol. The van der Waals surface area contributed by atoms with Crippen LogP contribution in [0.3, 0.4) is 0 Å². The molecule has 1 atom stereocenters. The fourth-order valence-electron chi connectivity index (χ4n) is 2.70. The molecule has 0 saturated heterocycles. The first-order valence-corrected chi connectivity index (χ1v) is 9.76. The maximum Gasteiger partial charge on any atom is 0.304 e. The summed E-state index contributed by atoms with van der Waals surface area (Å²) in [6.07, 6.45) is -0.00340. The summed E-state index contributed by atoms with van der Waals surface area (Å²) < 4.78 is 8.21. The van der Waals surface area contributed by atoms with Crippen LogP contribution in [0.5, 0.6) is 5.75 Å². The molecule has 2 aromatic carbocycles. The van der Waals surface area contributed by atoms with Gasteiger partial charge in [0, 0.05) is 19.9 Å². The number of thiophene rings is 1. The van der Waals surface area contributed by atoms with Crippen molar-refractivity contribution in [1.82, 2.24) is 0 Å². The van der Waals surface area contributed by atoms with Crippen LogP contribution in [0.25, 0.3) is 10.1 Å². The number of aliphatic carboxylic acids is 1. The van der Waals surface area contributed by atoms with Crippen LogP contribution < -0.4 is 4.74 Å². The van der Waals surface area contributed by atoms with Crippen molar-refractivity contribution < 1.29 is 14.6 Å². The van der Waals surface area contributed by atoms with Crippen LogP contribution in [0.4, 0.5) is 0 Å². The molecule has 0 aliphatic rings. The SMILES string of the molecule is CC#CC(CC(=O)O)c1ccc(OCc2ccc3scc(Br)c3c2)cc1. The van der Waals surface area contributed by atoms with E-state index in [1.165, 1.54) is 10.1 Å². The van der Waals surface area contributed by atoms with E-state index in [4.69, 9.17) is 9.84 Å². The van der Waals surface area contributed by atoms with Crippen LogP contribution in [0.1, 0.15) is 30.4 Å². The molecule has 3 nitrogen and oxygen atoms in total. The van der Waals surface area contributed by atoms with Gasteiger partial charge in [0.2, 0.25) is 0 Å². The minimum atomic E-state index is -0.854. The standard InChI is InChI=1S/C21H17BrO3S/c1-2-3-16(11-21(23)24)15-5-7-17(8-6-15)25-12-14-4-9-20-18(10-14)19(22)13-26-20/h4-10,13,16H,11-12H2,1H3,(H,23,24). The molecule has 1 unspecified atom stereocenters. The van der Waals surface area contributed by atoms with Gasteiger partial charge in [0.1, 0.15) is 12.4 Å². The van der Waals surface area contributed by atoms with E-state index in [2.05, 4.69) is 51.3 Å².